The molecule has 5 rings (SSSR count). The number of hydrogen-bond acceptors (Lipinski definition) is 9. The lowest BCUT2D eigenvalue weighted by Crippen LogP contribution is -2.43. The second-order valence-electron chi connectivity index (χ2n) is 9.58. The van der Waals surface area contributed by atoms with Crippen LogP contribution >= 0.6 is 11.8 Å². The summed E-state index contributed by atoms with van der Waals surface area (Å²) >= 11 is 1.01. The number of piperazine rings is 1. The molecule has 2 aliphatic heterocycles. The van der Waals surface area contributed by atoms with Gasteiger partial charge in [0.05, 0.1) is 34.7 Å². The van der Waals surface area contributed by atoms with E-state index in [-0.39, 0.29) is 22.9 Å². The van der Waals surface area contributed by atoms with Crippen molar-refractivity contribution in [3.05, 3.63) is 58.1 Å². The predicted molar refractivity (Wildman–Crippen MR) is 154 cm³/mol. The zero-order valence-corrected chi connectivity index (χ0v) is 22.9. The highest BCUT2D eigenvalue weighted by molar-refractivity contribution is 8.16. The Balaban J connectivity index is 1.27. The molecule has 1 aromatic carbocycles. The van der Waals surface area contributed by atoms with Crippen LogP contribution in [-0.4, -0.2) is 70.7 Å². The molecular weight excluding hydrogens is 518 g/mol. The van der Waals surface area contributed by atoms with Gasteiger partial charge in [-0.3, -0.25) is 19.8 Å². The van der Waals surface area contributed by atoms with Gasteiger partial charge in [0.2, 0.25) is 0 Å². The highest BCUT2D eigenvalue weighted by atomic mass is 32.2. The summed E-state index contributed by atoms with van der Waals surface area (Å²) in [6.07, 6.45) is 5.48. The number of pyridine rings is 1. The van der Waals surface area contributed by atoms with Crippen LogP contribution in [0.2, 0.25) is 0 Å². The van der Waals surface area contributed by atoms with E-state index >= 15 is 0 Å². The number of imidazole rings is 1. The smallest absolute Gasteiger partial charge is 0.335 e. The van der Waals surface area contributed by atoms with Gasteiger partial charge in [-0.05, 0) is 43.4 Å². The summed E-state index contributed by atoms with van der Waals surface area (Å²) in [6.45, 7) is 6.36. The topological polar surface area (TPSA) is 126 Å². The summed E-state index contributed by atoms with van der Waals surface area (Å²) in [7, 11) is 1.67. The van der Waals surface area contributed by atoms with Crippen LogP contribution in [-0.2, 0) is 16.6 Å². The van der Waals surface area contributed by atoms with Crippen molar-refractivity contribution in [3.63, 3.8) is 0 Å². The SMILES string of the molecule is C/C(=C\SC(=N)n1c(=O)n(C)c2cc(OCC3CCCO3)ccc21)C(=O)Nc1cnccc1N1CCNCC1. The Labute approximate surface area is 230 Å². The third-order valence-electron chi connectivity index (χ3n) is 6.90. The van der Waals surface area contributed by atoms with Crippen LogP contribution in [0.3, 0.4) is 0 Å². The molecule has 0 bridgehead atoms. The minimum atomic E-state index is -0.342. The van der Waals surface area contributed by atoms with E-state index in [2.05, 4.69) is 20.5 Å². The van der Waals surface area contributed by atoms with Crippen molar-refractivity contribution in [2.75, 3.05) is 49.6 Å². The van der Waals surface area contributed by atoms with Crippen LogP contribution in [0.4, 0.5) is 11.4 Å². The molecule has 1 atom stereocenters. The molecule has 0 spiro atoms. The van der Waals surface area contributed by atoms with Gasteiger partial charge in [-0.1, -0.05) is 11.8 Å². The maximum Gasteiger partial charge on any atom is 0.335 e. The first-order chi connectivity index (χ1) is 18.9. The number of thioether (sulfide) groups is 1. The van der Waals surface area contributed by atoms with Gasteiger partial charge in [0, 0.05) is 57.7 Å². The number of hydrogen-bond donors (Lipinski definition) is 3. The average Bonchev–Trinajstić information content (AvgIpc) is 3.57. The van der Waals surface area contributed by atoms with Crippen LogP contribution in [0.5, 0.6) is 5.75 Å². The monoisotopic (exact) mass is 551 g/mol. The van der Waals surface area contributed by atoms with Crippen LogP contribution in [0.25, 0.3) is 11.0 Å². The van der Waals surface area contributed by atoms with E-state index in [9.17, 15) is 9.59 Å². The summed E-state index contributed by atoms with van der Waals surface area (Å²) in [4.78, 5) is 32.4. The third-order valence-corrected chi connectivity index (χ3v) is 7.78. The van der Waals surface area contributed by atoms with Gasteiger partial charge in [-0.15, -0.1) is 0 Å². The number of aromatic nitrogens is 3. The van der Waals surface area contributed by atoms with E-state index in [0.29, 0.717) is 34.7 Å². The fourth-order valence-electron chi connectivity index (χ4n) is 4.70. The van der Waals surface area contributed by atoms with Gasteiger partial charge >= 0.3 is 5.69 Å². The molecule has 4 heterocycles. The Morgan fingerprint density at radius 1 is 1.31 bits per heavy atom. The first kappa shape index (κ1) is 27.0. The zero-order chi connectivity index (χ0) is 27.4. The number of nitrogens with zero attached hydrogens (tertiary/aromatic N) is 4. The van der Waals surface area contributed by atoms with Crippen LogP contribution in [0.15, 0.2) is 52.4 Å². The summed E-state index contributed by atoms with van der Waals surface area (Å²) in [6, 6.07) is 7.28. The molecule has 0 radical (unpaired) electrons. The molecule has 1 amide bonds. The van der Waals surface area contributed by atoms with Crippen molar-refractivity contribution in [2.24, 2.45) is 7.05 Å². The summed E-state index contributed by atoms with van der Waals surface area (Å²) in [5.41, 5.74) is 2.89. The molecule has 0 saturated carbocycles. The standard InChI is InChI=1S/C27H33N7O4S/c1-18(25(35)31-21-15-30-8-7-22(21)33-11-9-29-10-12-33)17-39-26(28)34-23-6-5-19(14-24(23)32(2)27(34)36)38-16-20-4-3-13-37-20/h5-8,14-15,17,20,28-29H,3-4,9-13,16H2,1-2H3,(H,31,35)/b18-17+,28-26?. The molecular formula is C27H33N7O4S. The van der Waals surface area contributed by atoms with Crippen LogP contribution < -0.4 is 26.0 Å². The van der Waals surface area contributed by atoms with Gasteiger partial charge in [-0.25, -0.2) is 9.36 Å². The average molecular weight is 552 g/mol. The molecule has 12 heteroatoms. The Bertz CT molecular complexity index is 1450. The molecule has 206 valence electrons. The van der Waals surface area contributed by atoms with E-state index in [1.807, 2.05) is 6.07 Å². The quantitative estimate of drug-likeness (QED) is 0.233. The molecule has 39 heavy (non-hydrogen) atoms. The number of benzene rings is 1. The van der Waals surface area contributed by atoms with Crippen molar-refractivity contribution in [3.8, 4) is 5.75 Å². The molecule has 0 aliphatic carbocycles. The number of nitrogens with one attached hydrogen (secondary N) is 3. The van der Waals surface area contributed by atoms with Crippen LogP contribution in [0.1, 0.15) is 19.8 Å². The zero-order valence-electron chi connectivity index (χ0n) is 22.1. The van der Waals surface area contributed by atoms with E-state index in [1.54, 1.807) is 50.0 Å². The molecule has 2 saturated heterocycles. The maximum atomic E-state index is 13.0. The molecule has 3 N–H and O–H groups in total. The predicted octanol–water partition coefficient (Wildman–Crippen LogP) is 2.76. The Kier molecular flexibility index (Phi) is 8.34. The first-order valence-electron chi connectivity index (χ1n) is 13.0. The number of fused-ring (bicyclic) bond motifs is 1. The Morgan fingerprint density at radius 3 is 2.90 bits per heavy atom. The number of carbonyl (C=O) groups is 1. The van der Waals surface area contributed by atoms with Crippen molar-refractivity contribution in [1.82, 2.24) is 19.4 Å². The summed E-state index contributed by atoms with van der Waals surface area (Å²) < 4.78 is 14.3. The highest BCUT2D eigenvalue weighted by Gasteiger charge is 2.19. The minimum absolute atomic E-state index is 0.00587. The van der Waals surface area contributed by atoms with Crippen molar-refractivity contribution in [2.45, 2.75) is 25.9 Å². The molecule has 2 aromatic heterocycles. The number of rotatable bonds is 7. The van der Waals surface area contributed by atoms with Gasteiger partial charge in [0.1, 0.15) is 12.4 Å². The normalized spacial score (nSPS) is 17.9. The Morgan fingerprint density at radius 2 is 2.13 bits per heavy atom. The summed E-state index contributed by atoms with van der Waals surface area (Å²) in [5.74, 6) is 0.353. The van der Waals surface area contributed by atoms with Crippen LogP contribution in [0, 0.1) is 5.41 Å². The second-order valence-corrected chi connectivity index (χ2v) is 10.4. The molecule has 3 aromatic rings. The lowest BCUT2D eigenvalue weighted by Gasteiger charge is -2.30. The van der Waals surface area contributed by atoms with Crippen molar-refractivity contribution >= 4 is 45.2 Å². The Hall–Kier alpha value is -3.61. The molecule has 2 fully saturated rings. The minimum Gasteiger partial charge on any atom is -0.491 e. The first-order valence-corrected chi connectivity index (χ1v) is 13.9. The lowest BCUT2D eigenvalue weighted by molar-refractivity contribution is -0.112. The highest BCUT2D eigenvalue weighted by Crippen LogP contribution is 2.26. The molecule has 1 unspecified atom stereocenters. The molecule has 2 aliphatic rings. The lowest BCUT2D eigenvalue weighted by atomic mass is 10.2. The van der Waals surface area contributed by atoms with Gasteiger partial charge < -0.3 is 25.0 Å². The van der Waals surface area contributed by atoms with E-state index in [4.69, 9.17) is 14.9 Å². The van der Waals surface area contributed by atoms with Gasteiger partial charge in [0.25, 0.3) is 5.91 Å². The largest absolute Gasteiger partial charge is 0.491 e. The van der Waals surface area contributed by atoms with Gasteiger partial charge in [0.15, 0.2) is 5.17 Å². The van der Waals surface area contributed by atoms with Crippen molar-refractivity contribution in [1.29, 1.82) is 5.41 Å². The maximum absolute atomic E-state index is 13.0. The fraction of sp³-hybridized carbons (Fsp3) is 0.407. The molecule has 11 nitrogen and oxygen atoms in total. The number of carbonyl (C=O) groups excluding carboxylic acids is 1. The van der Waals surface area contributed by atoms with E-state index in [1.165, 1.54) is 9.13 Å². The van der Waals surface area contributed by atoms with Gasteiger partial charge in [-0.2, -0.15) is 0 Å². The number of aryl methyl sites for hydroxylation is 1. The fourth-order valence-corrected chi connectivity index (χ4v) is 5.38. The number of amides is 1. The van der Waals surface area contributed by atoms with E-state index in [0.717, 1.165) is 63.1 Å². The summed E-state index contributed by atoms with van der Waals surface area (Å²) in [5, 5.41) is 16.5. The number of anilines is 2. The third kappa shape index (κ3) is 6.02. The van der Waals surface area contributed by atoms with Crippen molar-refractivity contribution < 1.29 is 14.3 Å². The van der Waals surface area contributed by atoms with E-state index < -0.39 is 0 Å². The second kappa shape index (κ2) is 12.1. The number of ether oxygens (including phenoxy) is 2.